The van der Waals surface area contributed by atoms with Crippen molar-refractivity contribution in [3.05, 3.63) is 48.2 Å². The largest absolute Gasteiger partial charge is 0.545 e. The molecule has 0 radical (unpaired) electrons. The van der Waals surface area contributed by atoms with E-state index in [1.807, 2.05) is 0 Å². The first kappa shape index (κ1) is 15.8. The second-order valence-corrected chi connectivity index (χ2v) is 5.14. The zero-order valence-electron chi connectivity index (χ0n) is 11.7. The molecular weight excluding hydrogens is 304 g/mol. The summed E-state index contributed by atoms with van der Waals surface area (Å²) in [6, 6.07) is 9.92. The van der Waals surface area contributed by atoms with Crippen LogP contribution in [0.4, 0.5) is 5.69 Å². The van der Waals surface area contributed by atoms with Crippen LogP contribution < -0.4 is 15.2 Å². The highest BCUT2D eigenvalue weighted by Gasteiger charge is 2.10. The molecule has 2 aromatic rings. The van der Waals surface area contributed by atoms with Crippen molar-refractivity contribution in [2.24, 2.45) is 0 Å². The Hall–Kier alpha value is -2.54. The molecule has 1 amide bonds. The number of carbonyl (C=O) groups is 2. The van der Waals surface area contributed by atoms with E-state index in [2.05, 4.69) is 10.3 Å². The van der Waals surface area contributed by atoms with Crippen LogP contribution in [-0.2, 0) is 4.79 Å². The van der Waals surface area contributed by atoms with Gasteiger partial charge in [-0.15, -0.1) is 0 Å². The second kappa shape index (κ2) is 7.46. The van der Waals surface area contributed by atoms with Gasteiger partial charge in [-0.25, -0.2) is 4.98 Å². The number of aromatic nitrogens is 1. The van der Waals surface area contributed by atoms with Gasteiger partial charge in [0, 0.05) is 11.8 Å². The predicted octanol–water partition coefficient (Wildman–Crippen LogP) is 1.18. The number of benzene rings is 1. The highest BCUT2D eigenvalue weighted by Crippen LogP contribution is 2.24. The van der Waals surface area contributed by atoms with E-state index in [1.165, 1.54) is 25.4 Å². The third kappa shape index (κ3) is 3.98. The van der Waals surface area contributed by atoms with Crippen LogP contribution >= 0.6 is 11.8 Å². The van der Waals surface area contributed by atoms with Crippen molar-refractivity contribution in [2.45, 2.75) is 5.03 Å². The Morgan fingerprint density at radius 3 is 2.77 bits per heavy atom. The normalized spacial score (nSPS) is 10.0. The van der Waals surface area contributed by atoms with Crippen molar-refractivity contribution >= 4 is 29.3 Å². The third-order valence-electron chi connectivity index (χ3n) is 2.71. The van der Waals surface area contributed by atoms with Gasteiger partial charge >= 0.3 is 0 Å². The van der Waals surface area contributed by atoms with Crippen LogP contribution in [0, 0.1) is 0 Å². The van der Waals surface area contributed by atoms with Gasteiger partial charge in [0.25, 0.3) is 0 Å². The van der Waals surface area contributed by atoms with E-state index in [0.29, 0.717) is 11.4 Å². The minimum atomic E-state index is -1.32. The summed E-state index contributed by atoms with van der Waals surface area (Å²) in [6.45, 7) is 0. The van der Waals surface area contributed by atoms with E-state index in [0.717, 1.165) is 11.8 Å². The summed E-state index contributed by atoms with van der Waals surface area (Å²) in [5, 5.41) is 13.9. The standard InChI is InChI=1S/C15H14N2O4S/c1-21-12-7-3-2-6-11(12)17-13(18)9-22-14-10(15(19)20)5-4-8-16-14/h2-8H,9H2,1H3,(H,17,18)(H,19,20)/p-1. The van der Waals surface area contributed by atoms with Gasteiger partial charge in [-0.3, -0.25) is 4.79 Å². The second-order valence-electron chi connectivity index (χ2n) is 4.18. The molecule has 0 aliphatic heterocycles. The topological polar surface area (TPSA) is 91.3 Å². The monoisotopic (exact) mass is 317 g/mol. The highest BCUT2D eigenvalue weighted by molar-refractivity contribution is 8.00. The molecule has 0 unspecified atom stereocenters. The average Bonchev–Trinajstić information content (AvgIpc) is 2.53. The number of methoxy groups -OCH3 is 1. The Morgan fingerprint density at radius 2 is 2.05 bits per heavy atom. The number of aromatic carboxylic acids is 1. The fourth-order valence-electron chi connectivity index (χ4n) is 1.73. The average molecular weight is 317 g/mol. The van der Waals surface area contributed by atoms with Crippen LogP contribution in [0.2, 0.25) is 0 Å². The number of hydrogen-bond donors (Lipinski definition) is 1. The summed E-state index contributed by atoms with van der Waals surface area (Å²) in [7, 11) is 1.51. The molecule has 1 heterocycles. The summed E-state index contributed by atoms with van der Waals surface area (Å²) >= 11 is 1.03. The molecule has 22 heavy (non-hydrogen) atoms. The molecule has 7 heteroatoms. The van der Waals surface area contributed by atoms with Crippen LogP contribution in [0.5, 0.6) is 5.75 Å². The molecule has 0 atom stereocenters. The quantitative estimate of drug-likeness (QED) is 0.805. The molecule has 1 aromatic heterocycles. The Morgan fingerprint density at radius 1 is 1.27 bits per heavy atom. The van der Waals surface area contributed by atoms with Crippen LogP contribution in [0.15, 0.2) is 47.6 Å². The van der Waals surface area contributed by atoms with Crippen molar-refractivity contribution in [3.8, 4) is 5.75 Å². The minimum Gasteiger partial charge on any atom is -0.545 e. The maximum atomic E-state index is 12.0. The molecule has 1 aromatic carbocycles. The number of carbonyl (C=O) groups excluding carboxylic acids is 2. The first-order valence-corrected chi connectivity index (χ1v) is 7.32. The molecule has 0 aliphatic carbocycles. The zero-order valence-corrected chi connectivity index (χ0v) is 12.6. The van der Waals surface area contributed by atoms with E-state index in [9.17, 15) is 14.7 Å². The number of ether oxygens (including phenoxy) is 1. The summed E-state index contributed by atoms with van der Waals surface area (Å²) in [5.41, 5.74) is 0.523. The zero-order chi connectivity index (χ0) is 15.9. The number of nitrogens with one attached hydrogen (secondary N) is 1. The van der Waals surface area contributed by atoms with E-state index in [4.69, 9.17) is 4.74 Å². The number of amides is 1. The molecule has 2 rings (SSSR count). The van der Waals surface area contributed by atoms with Gasteiger partial charge in [-0.05, 0) is 24.3 Å². The number of thioether (sulfide) groups is 1. The molecule has 0 bridgehead atoms. The van der Waals surface area contributed by atoms with E-state index in [1.54, 1.807) is 24.3 Å². The van der Waals surface area contributed by atoms with E-state index < -0.39 is 5.97 Å². The fraction of sp³-hybridized carbons (Fsp3) is 0.133. The number of pyridine rings is 1. The lowest BCUT2D eigenvalue weighted by atomic mass is 10.3. The number of carboxylic acid groups (broad SMARTS) is 1. The molecule has 0 spiro atoms. The lowest BCUT2D eigenvalue weighted by molar-refractivity contribution is -0.255. The molecule has 1 N–H and O–H groups in total. The van der Waals surface area contributed by atoms with E-state index >= 15 is 0 Å². The van der Waals surface area contributed by atoms with Crippen molar-refractivity contribution in [2.75, 3.05) is 18.2 Å². The lowest BCUT2D eigenvalue weighted by Gasteiger charge is -2.10. The van der Waals surface area contributed by atoms with Crippen LogP contribution in [0.1, 0.15) is 10.4 Å². The van der Waals surface area contributed by atoms with Crippen molar-refractivity contribution in [1.29, 1.82) is 0 Å². The summed E-state index contributed by atoms with van der Waals surface area (Å²) in [5.74, 6) is -1.03. The molecule has 0 saturated carbocycles. The van der Waals surface area contributed by atoms with Crippen molar-refractivity contribution < 1.29 is 19.4 Å². The van der Waals surface area contributed by atoms with Gasteiger partial charge in [0.2, 0.25) is 5.91 Å². The lowest BCUT2D eigenvalue weighted by Crippen LogP contribution is -2.23. The molecule has 0 aliphatic rings. The maximum absolute atomic E-state index is 12.0. The van der Waals surface area contributed by atoms with Crippen molar-refractivity contribution in [3.63, 3.8) is 0 Å². The molecule has 0 saturated heterocycles. The van der Waals surface area contributed by atoms with Gasteiger partial charge in [-0.2, -0.15) is 0 Å². The number of carboxylic acids is 1. The number of para-hydroxylation sites is 2. The number of rotatable bonds is 6. The van der Waals surface area contributed by atoms with E-state index in [-0.39, 0.29) is 22.2 Å². The Bertz CT molecular complexity index is 691. The predicted molar refractivity (Wildman–Crippen MR) is 80.9 cm³/mol. The number of nitrogens with zero attached hydrogens (tertiary/aromatic N) is 1. The first-order chi connectivity index (χ1) is 10.6. The summed E-state index contributed by atoms with van der Waals surface area (Å²) in [6.07, 6.45) is 1.47. The Labute approximate surface area is 131 Å². The molecular formula is C15H13N2O4S-. The fourth-order valence-corrected chi connectivity index (χ4v) is 2.51. The SMILES string of the molecule is COc1ccccc1NC(=O)CSc1ncccc1C(=O)[O-]. The maximum Gasteiger partial charge on any atom is 0.234 e. The first-order valence-electron chi connectivity index (χ1n) is 6.34. The van der Waals surface area contributed by atoms with Gasteiger partial charge in [0.05, 0.1) is 24.5 Å². The Kier molecular flexibility index (Phi) is 5.37. The number of hydrogen-bond acceptors (Lipinski definition) is 6. The number of anilines is 1. The molecule has 114 valence electrons. The van der Waals surface area contributed by atoms with Crippen LogP contribution in [-0.4, -0.2) is 29.7 Å². The molecule has 0 fully saturated rings. The van der Waals surface area contributed by atoms with Crippen LogP contribution in [0.3, 0.4) is 0 Å². The smallest absolute Gasteiger partial charge is 0.234 e. The Balaban J connectivity index is 2.00. The summed E-state index contributed by atoms with van der Waals surface area (Å²) in [4.78, 5) is 26.9. The summed E-state index contributed by atoms with van der Waals surface area (Å²) < 4.78 is 5.14. The molecule has 6 nitrogen and oxygen atoms in total. The van der Waals surface area contributed by atoms with Gasteiger partial charge in [0.15, 0.2) is 0 Å². The van der Waals surface area contributed by atoms with Crippen molar-refractivity contribution in [1.82, 2.24) is 4.98 Å². The minimum absolute atomic E-state index is 0.0232. The van der Waals surface area contributed by atoms with Gasteiger partial charge in [-0.1, -0.05) is 23.9 Å². The van der Waals surface area contributed by atoms with Gasteiger partial charge in [0.1, 0.15) is 10.8 Å². The van der Waals surface area contributed by atoms with Gasteiger partial charge < -0.3 is 20.0 Å². The highest BCUT2D eigenvalue weighted by atomic mass is 32.2. The third-order valence-corrected chi connectivity index (χ3v) is 3.72. The van der Waals surface area contributed by atoms with Crippen LogP contribution in [0.25, 0.3) is 0 Å².